The first kappa shape index (κ1) is 13.3. The van der Waals surface area contributed by atoms with Crippen molar-refractivity contribution in [3.63, 3.8) is 0 Å². The van der Waals surface area contributed by atoms with Gasteiger partial charge in [0, 0.05) is 19.1 Å². The summed E-state index contributed by atoms with van der Waals surface area (Å²) in [5.74, 6) is -0.145. The molecule has 0 bridgehead atoms. The number of nitrogens with zero attached hydrogens (tertiary/aromatic N) is 1. The maximum atomic E-state index is 13.2. The van der Waals surface area contributed by atoms with Crippen molar-refractivity contribution in [3.8, 4) is 0 Å². The van der Waals surface area contributed by atoms with Gasteiger partial charge < -0.3 is 0 Å². The lowest BCUT2D eigenvalue weighted by atomic mass is 9.97. The normalized spacial score (nSPS) is 16.7. The lowest BCUT2D eigenvalue weighted by Gasteiger charge is -2.33. The van der Waals surface area contributed by atoms with E-state index in [4.69, 9.17) is 0 Å². The summed E-state index contributed by atoms with van der Waals surface area (Å²) in [5.41, 5.74) is 3.89. The Morgan fingerprint density at radius 3 is 3.05 bits per heavy atom. The number of halogens is 1. The van der Waals surface area contributed by atoms with E-state index in [1.54, 1.807) is 12.1 Å². The molecule has 0 spiro atoms. The molecular formula is C18H19FN. The Morgan fingerprint density at radius 1 is 1.30 bits per heavy atom. The lowest BCUT2D eigenvalue weighted by Crippen LogP contribution is -2.38. The molecule has 1 aliphatic rings. The molecule has 2 aromatic rings. The highest BCUT2D eigenvalue weighted by Gasteiger charge is 2.20. The molecule has 1 unspecified atom stereocenters. The Kier molecular flexibility index (Phi) is 3.83. The van der Waals surface area contributed by atoms with E-state index in [0.29, 0.717) is 6.04 Å². The standard InChI is InChI=1S/C18H19FN/c1-14(11-15-5-4-8-18(19)12-15)20-10-9-16-6-2-3-7-17(16)13-20/h2,4-8,12,14H,9-11,13H2,1H3. The number of benzene rings is 2. The predicted octanol–water partition coefficient (Wildman–Crippen LogP) is 3.62. The fraction of sp³-hybridized carbons (Fsp3) is 0.333. The second-order valence-electron chi connectivity index (χ2n) is 5.60. The molecule has 0 fully saturated rings. The zero-order chi connectivity index (χ0) is 13.9. The maximum Gasteiger partial charge on any atom is 0.123 e. The van der Waals surface area contributed by atoms with Crippen LogP contribution in [0.5, 0.6) is 0 Å². The smallest absolute Gasteiger partial charge is 0.123 e. The van der Waals surface area contributed by atoms with Crippen LogP contribution in [0.1, 0.15) is 23.6 Å². The van der Waals surface area contributed by atoms with E-state index in [9.17, 15) is 4.39 Å². The van der Waals surface area contributed by atoms with E-state index in [1.807, 2.05) is 12.1 Å². The molecule has 1 atom stereocenters. The van der Waals surface area contributed by atoms with Gasteiger partial charge in [0.05, 0.1) is 0 Å². The van der Waals surface area contributed by atoms with Crippen LogP contribution < -0.4 is 0 Å². The molecule has 20 heavy (non-hydrogen) atoms. The van der Waals surface area contributed by atoms with Gasteiger partial charge in [0.25, 0.3) is 0 Å². The largest absolute Gasteiger partial charge is 0.296 e. The van der Waals surface area contributed by atoms with E-state index in [-0.39, 0.29) is 5.82 Å². The average Bonchev–Trinajstić information content (AvgIpc) is 2.47. The van der Waals surface area contributed by atoms with E-state index in [2.05, 4.69) is 30.0 Å². The number of rotatable bonds is 3. The predicted molar refractivity (Wildman–Crippen MR) is 79.0 cm³/mol. The van der Waals surface area contributed by atoms with Crippen LogP contribution in [0.15, 0.2) is 42.5 Å². The van der Waals surface area contributed by atoms with Crippen molar-refractivity contribution in [1.29, 1.82) is 0 Å². The summed E-state index contributed by atoms with van der Waals surface area (Å²) in [5, 5.41) is 0. The zero-order valence-corrected chi connectivity index (χ0v) is 11.8. The topological polar surface area (TPSA) is 3.24 Å². The molecule has 103 valence electrons. The molecule has 0 aromatic heterocycles. The van der Waals surface area contributed by atoms with Crippen LogP contribution in [-0.4, -0.2) is 17.5 Å². The molecular weight excluding hydrogens is 249 g/mol. The van der Waals surface area contributed by atoms with Crippen molar-refractivity contribution in [2.24, 2.45) is 0 Å². The molecule has 1 radical (unpaired) electrons. The summed E-state index contributed by atoms with van der Waals surface area (Å²) in [7, 11) is 0. The summed E-state index contributed by atoms with van der Waals surface area (Å²) in [4.78, 5) is 2.47. The SMILES string of the molecule is CC(Cc1cccc(F)c1)N1CCc2cc[c]cc2C1. The molecule has 0 aliphatic carbocycles. The van der Waals surface area contributed by atoms with Crippen LogP contribution in [0.2, 0.25) is 0 Å². The third-order valence-electron chi connectivity index (χ3n) is 4.14. The second kappa shape index (κ2) is 5.76. The maximum absolute atomic E-state index is 13.2. The van der Waals surface area contributed by atoms with Gasteiger partial charge in [-0.1, -0.05) is 24.3 Å². The van der Waals surface area contributed by atoms with Gasteiger partial charge in [0.1, 0.15) is 5.82 Å². The molecule has 1 aliphatic heterocycles. The van der Waals surface area contributed by atoms with Crippen molar-refractivity contribution in [2.45, 2.75) is 32.4 Å². The fourth-order valence-corrected chi connectivity index (χ4v) is 2.96. The van der Waals surface area contributed by atoms with Crippen molar-refractivity contribution < 1.29 is 4.39 Å². The first-order valence-electron chi connectivity index (χ1n) is 7.19. The first-order valence-corrected chi connectivity index (χ1v) is 7.19. The first-order chi connectivity index (χ1) is 9.72. The van der Waals surface area contributed by atoms with Crippen molar-refractivity contribution in [3.05, 3.63) is 71.0 Å². The van der Waals surface area contributed by atoms with Gasteiger partial charge >= 0.3 is 0 Å². The third kappa shape index (κ3) is 2.91. The molecule has 3 rings (SSSR count). The summed E-state index contributed by atoms with van der Waals surface area (Å²) >= 11 is 0. The highest BCUT2D eigenvalue weighted by Crippen LogP contribution is 2.21. The van der Waals surface area contributed by atoms with Crippen molar-refractivity contribution >= 4 is 0 Å². The van der Waals surface area contributed by atoms with Gasteiger partial charge in [-0.25, -0.2) is 4.39 Å². The quantitative estimate of drug-likeness (QED) is 0.822. The average molecular weight is 268 g/mol. The summed E-state index contributed by atoms with van der Waals surface area (Å²) in [6, 6.07) is 16.8. The number of hydrogen-bond acceptors (Lipinski definition) is 1. The summed E-state index contributed by atoms with van der Waals surface area (Å²) in [6.45, 7) is 4.28. The lowest BCUT2D eigenvalue weighted by molar-refractivity contribution is 0.189. The number of hydrogen-bond donors (Lipinski definition) is 0. The van der Waals surface area contributed by atoms with Crippen molar-refractivity contribution in [1.82, 2.24) is 4.90 Å². The summed E-state index contributed by atoms with van der Waals surface area (Å²) in [6.07, 6.45) is 1.99. The van der Waals surface area contributed by atoms with Crippen LogP contribution in [0.25, 0.3) is 0 Å². The molecule has 0 saturated carbocycles. The highest BCUT2D eigenvalue weighted by atomic mass is 19.1. The second-order valence-corrected chi connectivity index (χ2v) is 5.60. The van der Waals surface area contributed by atoms with Crippen LogP contribution in [-0.2, 0) is 19.4 Å². The Morgan fingerprint density at radius 2 is 2.20 bits per heavy atom. The van der Waals surface area contributed by atoms with Crippen LogP contribution in [0.3, 0.4) is 0 Å². The van der Waals surface area contributed by atoms with E-state index >= 15 is 0 Å². The van der Waals surface area contributed by atoms with Crippen LogP contribution in [0.4, 0.5) is 4.39 Å². The number of fused-ring (bicyclic) bond motifs is 1. The van der Waals surface area contributed by atoms with Crippen molar-refractivity contribution in [2.75, 3.05) is 6.54 Å². The third-order valence-corrected chi connectivity index (χ3v) is 4.14. The molecule has 2 heteroatoms. The van der Waals surface area contributed by atoms with Gasteiger partial charge in [0.15, 0.2) is 0 Å². The van der Waals surface area contributed by atoms with E-state index in [0.717, 1.165) is 31.5 Å². The van der Waals surface area contributed by atoms with Gasteiger partial charge in [-0.2, -0.15) is 0 Å². The minimum absolute atomic E-state index is 0.145. The monoisotopic (exact) mass is 268 g/mol. The Balaban J connectivity index is 1.68. The Labute approximate surface area is 120 Å². The molecule has 0 saturated heterocycles. The molecule has 0 N–H and O–H groups in total. The zero-order valence-electron chi connectivity index (χ0n) is 11.8. The minimum Gasteiger partial charge on any atom is -0.296 e. The molecule has 1 heterocycles. The molecule has 0 amide bonds. The van der Waals surface area contributed by atoms with Crippen LogP contribution >= 0.6 is 0 Å². The van der Waals surface area contributed by atoms with Crippen LogP contribution in [0, 0.1) is 11.9 Å². The summed E-state index contributed by atoms with van der Waals surface area (Å²) < 4.78 is 13.2. The van der Waals surface area contributed by atoms with Gasteiger partial charge in [0.2, 0.25) is 0 Å². The Hall–Kier alpha value is -1.67. The Bertz CT molecular complexity index is 593. The van der Waals surface area contributed by atoms with Gasteiger partial charge in [-0.3, -0.25) is 4.90 Å². The highest BCUT2D eigenvalue weighted by molar-refractivity contribution is 5.28. The minimum atomic E-state index is -0.145. The van der Waals surface area contributed by atoms with E-state index in [1.165, 1.54) is 17.2 Å². The van der Waals surface area contributed by atoms with E-state index < -0.39 is 0 Å². The fourth-order valence-electron chi connectivity index (χ4n) is 2.96. The molecule has 2 aromatic carbocycles. The molecule has 1 nitrogen and oxygen atoms in total. The van der Waals surface area contributed by atoms with Gasteiger partial charge in [-0.05, 0) is 60.7 Å². The van der Waals surface area contributed by atoms with Gasteiger partial charge in [-0.15, -0.1) is 0 Å².